The van der Waals surface area contributed by atoms with Crippen LogP contribution in [0.2, 0.25) is 0 Å². The van der Waals surface area contributed by atoms with Crippen LogP contribution in [0.3, 0.4) is 0 Å². The zero-order valence-corrected chi connectivity index (χ0v) is 14.1. The summed E-state index contributed by atoms with van der Waals surface area (Å²) in [7, 11) is 0. The topological polar surface area (TPSA) is 84.0 Å². The molecule has 0 aliphatic heterocycles. The molecule has 0 saturated carbocycles. The van der Waals surface area contributed by atoms with Gasteiger partial charge in [0.2, 0.25) is 5.01 Å². The van der Waals surface area contributed by atoms with E-state index in [1.54, 1.807) is 24.3 Å². The molecule has 2 aromatic rings. The molecule has 2 rings (SSSR count). The number of amides is 2. The third kappa shape index (κ3) is 4.85. The number of nitrogens with zero attached hydrogens (tertiary/aromatic N) is 2. The molecule has 7 heteroatoms. The minimum atomic E-state index is -0.289. The highest BCUT2D eigenvalue weighted by atomic mass is 32.1. The average Bonchev–Trinajstić information content (AvgIpc) is 3.05. The van der Waals surface area contributed by atoms with E-state index in [0.29, 0.717) is 22.8 Å². The lowest BCUT2D eigenvalue weighted by atomic mass is 10.2. The lowest BCUT2D eigenvalue weighted by Gasteiger charge is -2.06. The molecule has 0 spiro atoms. The third-order valence-electron chi connectivity index (χ3n) is 3.18. The van der Waals surface area contributed by atoms with Crippen LogP contribution in [-0.2, 0) is 6.42 Å². The summed E-state index contributed by atoms with van der Waals surface area (Å²) >= 11 is 1.28. The Morgan fingerprint density at radius 2 is 1.83 bits per heavy atom. The molecule has 23 heavy (non-hydrogen) atoms. The maximum Gasteiger partial charge on any atom is 0.286 e. The van der Waals surface area contributed by atoms with E-state index < -0.39 is 0 Å². The smallest absolute Gasteiger partial charge is 0.286 e. The minimum Gasteiger partial charge on any atom is -0.352 e. The molecule has 1 aromatic heterocycles. The second kappa shape index (κ2) is 8.38. The summed E-state index contributed by atoms with van der Waals surface area (Å²) in [5.74, 6) is -0.393. The summed E-state index contributed by atoms with van der Waals surface area (Å²) in [4.78, 5) is 23.9. The highest BCUT2D eigenvalue weighted by Crippen LogP contribution is 2.14. The number of hydrogen-bond acceptors (Lipinski definition) is 5. The molecule has 2 N–H and O–H groups in total. The zero-order chi connectivity index (χ0) is 16.7. The first-order chi connectivity index (χ1) is 11.1. The maximum atomic E-state index is 12.1. The van der Waals surface area contributed by atoms with Gasteiger partial charge in [-0.05, 0) is 37.1 Å². The predicted octanol–water partition coefficient (Wildman–Crippen LogP) is 2.88. The normalized spacial score (nSPS) is 10.3. The molecule has 1 aromatic carbocycles. The summed E-state index contributed by atoms with van der Waals surface area (Å²) in [6, 6.07) is 6.78. The standard InChI is InChI=1S/C16H20N4O2S/c1-3-5-10-17-14(21)11-6-8-12(9-7-11)18-15(22)16-20-19-13(4-2)23-16/h6-9H,3-5,10H2,1-2H3,(H,17,21)(H,18,22). The van der Waals surface area contributed by atoms with Crippen molar-refractivity contribution in [3.8, 4) is 0 Å². The van der Waals surface area contributed by atoms with Crippen molar-refractivity contribution in [2.45, 2.75) is 33.1 Å². The highest BCUT2D eigenvalue weighted by molar-refractivity contribution is 7.13. The fourth-order valence-corrected chi connectivity index (χ4v) is 2.53. The van der Waals surface area contributed by atoms with Crippen molar-refractivity contribution in [2.24, 2.45) is 0 Å². The Bertz CT molecular complexity index is 667. The van der Waals surface area contributed by atoms with E-state index in [0.717, 1.165) is 24.3 Å². The Morgan fingerprint density at radius 3 is 2.43 bits per heavy atom. The maximum absolute atomic E-state index is 12.1. The van der Waals surface area contributed by atoms with Crippen LogP contribution < -0.4 is 10.6 Å². The van der Waals surface area contributed by atoms with Crippen molar-refractivity contribution in [1.29, 1.82) is 0 Å². The number of anilines is 1. The van der Waals surface area contributed by atoms with Crippen LogP contribution in [0.1, 0.15) is 51.9 Å². The van der Waals surface area contributed by atoms with Gasteiger partial charge in [0.25, 0.3) is 11.8 Å². The van der Waals surface area contributed by atoms with Gasteiger partial charge in [0.05, 0.1) is 0 Å². The third-order valence-corrected chi connectivity index (χ3v) is 4.25. The molecule has 0 aliphatic carbocycles. The number of benzene rings is 1. The van der Waals surface area contributed by atoms with E-state index in [9.17, 15) is 9.59 Å². The Morgan fingerprint density at radius 1 is 1.09 bits per heavy atom. The van der Waals surface area contributed by atoms with Gasteiger partial charge in [0.1, 0.15) is 5.01 Å². The Labute approximate surface area is 139 Å². The molecule has 0 atom stereocenters. The predicted molar refractivity (Wildman–Crippen MR) is 90.9 cm³/mol. The number of aryl methyl sites for hydroxylation is 1. The number of aromatic nitrogens is 2. The van der Waals surface area contributed by atoms with Crippen LogP contribution in [-0.4, -0.2) is 28.6 Å². The van der Waals surface area contributed by atoms with Crippen molar-refractivity contribution < 1.29 is 9.59 Å². The number of nitrogens with one attached hydrogen (secondary N) is 2. The summed E-state index contributed by atoms with van der Waals surface area (Å²) in [6.45, 7) is 4.71. The summed E-state index contributed by atoms with van der Waals surface area (Å²) < 4.78 is 0. The van der Waals surface area contributed by atoms with Crippen LogP contribution in [0.15, 0.2) is 24.3 Å². The van der Waals surface area contributed by atoms with Gasteiger partial charge < -0.3 is 10.6 Å². The lowest BCUT2D eigenvalue weighted by Crippen LogP contribution is -2.24. The van der Waals surface area contributed by atoms with E-state index in [4.69, 9.17) is 0 Å². The largest absolute Gasteiger partial charge is 0.352 e. The van der Waals surface area contributed by atoms with Crippen molar-refractivity contribution in [1.82, 2.24) is 15.5 Å². The second-order valence-corrected chi connectivity index (χ2v) is 6.06. The van der Waals surface area contributed by atoms with E-state index >= 15 is 0 Å². The van der Waals surface area contributed by atoms with E-state index in [1.165, 1.54) is 11.3 Å². The molecule has 1 heterocycles. The molecule has 0 fully saturated rings. The monoisotopic (exact) mass is 332 g/mol. The molecule has 6 nitrogen and oxygen atoms in total. The van der Waals surface area contributed by atoms with Crippen LogP contribution >= 0.6 is 11.3 Å². The Balaban J connectivity index is 1.94. The zero-order valence-electron chi connectivity index (χ0n) is 13.3. The van der Waals surface area contributed by atoms with Gasteiger partial charge >= 0.3 is 0 Å². The average molecular weight is 332 g/mol. The van der Waals surface area contributed by atoms with Crippen molar-refractivity contribution >= 4 is 28.8 Å². The molecule has 122 valence electrons. The molecule has 0 bridgehead atoms. The first-order valence-electron chi connectivity index (χ1n) is 7.66. The van der Waals surface area contributed by atoms with Gasteiger partial charge in [-0.1, -0.05) is 31.6 Å². The molecular formula is C16H20N4O2S. The lowest BCUT2D eigenvalue weighted by molar-refractivity contribution is 0.0952. The number of carbonyl (C=O) groups is 2. The Kier molecular flexibility index (Phi) is 6.22. The molecular weight excluding hydrogens is 312 g/mol. The summed E-state index contributed by atoms with van der Waals surface area (Å²) in [6.07, 6.45) is 2.75. The van der Waals surface area contributed by atoms with Gasteiger partial charge in [-0.2, -0.15) is 0 Å². The first kappa shape index (κ1) is 17.1. The van der Waals surface area contributed by atoms with Crippen LogP contribution in [0.25, 0.3) is 0 Å². The minimum absolute atomic E-state index is 0.104. The number of carbonyl (C=O) groups excluding carboxylic acids is 2. The highest BCUT2D eigenvalue weighted by Gasteiger charge is 2.12. The van der Waals surface area contributed by atoms with Crippen LogP contribution in [0.5, 0.6) is 0 Å². The van der Waals surface area contributed by atoms with E-state index in [-0.39, 0.29) is 11.8 Å². The SMILES string of the molecule is CCCCNC(=O)c1ccc(NC(=O)c2nnc(CC)s2)cc1. The molecule has 0 aliphatic rings. The number of unbranched alkanes of at least 4 members (excludes halogenated alkanes) is 1. The van der Waals surface area contributed by atoms with Gasteiger partial charge in [-0.25, -0.2) is 0 Å². The van der Waals surface area contributed by atoms with Crippen LogP contribution in [0.4, 0.5) is 5.69 Å². The van der Waals surface area contributed by atoms with Crippen LogP contribution in [0, 0.1) is 0 Å². The van der Waals surface area contributed by atoms with Crippen molar-refractivity contribution in [2.75, 3.05) is 11.9 Å². The van der Waals surface area contributed by atoms with Gasteiger partial charge in [0, 0.05) is 17.8 Å². The van der Waals surface area contributed by atoms with Crippen molar-refractivity contribution in [3.63, 3.8) is 0 Å². The van der Waals surface area contributed by atoms with E-state index in [2.05, 4.69) is 27.8 Å². The van der Waals surface area contributed by atoms with Gasteiger partial charge in [0.15, 0.2) is 0 Å². The molecule has 0 saturated heterocycles. The Hall–Kier alpha value is -2.28. The first-order valence-corrected chi connectivity index (χ1v) is 8.47. The van der Waals surface area contributed by atoms with E-state index in [1.807, 2.05) is 6.92 Å². The van der Waals surface area contributed by atoms with Gasteiger partial charge in [-0.15, -0.1) is 10.2 Å². The number of rotatable bonds is 7. The molecule has 0 radical (unpaired) electrons. The summed E-state index contributed by atoms with van der Waals surface area (Å²) in [5.41, 5.74) is 1.19. The van der Waals surface area contributed by atoms with Crippen molar-refractivity contribution in [3.05, 3.63) is 39.8 Å². The number of hydrogen-bond donors (Lipinski definition) is 2. The van der Waals surface area contributed by atoms with Gasteiger partial charge in [-0.3, -0.25) is 9.59 Å². The fourth-order valence-electron chi connectivity index (χ4n) is 1.86. The second-order valence-electron chi connectivity index (χ2n) is 5.00. The molecule has 2 amide bonds. The molecule has 0 unspecified atom stereocenters. The fraction of sp³-hybridized carbons (Fsp3) is 0.375. The quantitative estimate of drug-likeness (QED) is 0.764. The summed E-state index contributed by atoms with van der Waals surface area (Å²) in [5, 5.41) is 14.6.